The number of hydrogen-bond acceptors (Lipinski definition) is 5. The van der Waals surface area contributed by atoms with Crippen molar-refractivity contribution < 1.29 is 5.11 Å². The highest BCUT2D eigenvalue weighted by molar-refractivity contribution is 6.35. The molecule has 1 unspecified atom stereocenters. The topological polar surface area (TPSA) is 84.1 Å². The number of nitrogens with one attached hydrogen (secondary N) is 1. The molecule has 100 valence electrons. The van der Waals surface area contributed by atoms with E-state index >= 15 is 0 Å². The van der Waals surface area contributed by atoms with Crippen molar-refractivity contribution in [1.82, 2.24) is 9.97 Å². The van der Waals surface area contributed by atoms with Gasteiger partial charge in [-0.2, -0.15) is 0 Å². The second kappa shape index (κ2) is 6.20. The molecule has 6 heteroatoms. The Kier molecular flexibility index (Phi) is 4.60. The number of nitrogens with zero attached hydrogens (tertiary/aromatic N) is 2. The number of aliphatic hydroxyl groups excluding tert-OH is 1. The summed E-state index contributed by atoms with van der Waals surface area (Å²) in [5.41, 5.74) is 5.58. The number of rotatable bonds is 4. The van der Waals surface area contributed by atoms with Gasteiger partial charge in [-0.1, -0.05) is 30.9 Å². The van der Waals surface area contributed by atoms with Crippen LogP contribution in [0.25, 0.3) is 0 Å². The summed E-state index contributed by atoms with van der Waals surface area (Å²) in [4.78, 5) is 7.80. The minimum absolute atomic E-state index is 0.251. The summed E-state index contributed by atoms with van der Waals surface area (Å²) in [6.45, 7) is 0.445. The average molecular weight is 271 g/mol. The van der Waals surface area contributed by atoms with E-state index in [0.717, 1.165) is 12.8 Å². The third-order valence-corrected chi connectivity index (χ3v) is 3.86. The van der Waals surface area contributed by atoms with Crippen LogP contribution in [-0.2, 0) is 0 Å². The number of anilines is 2. The first-order chi connectivity index (χ1) is 8.68. The lowest BCUT2D eigenvalue weighted by Crippen LogP contribution is -2.30. The van der Waals surface area contributed by atoms with Crippen molar-refractivity contribution in [3.63, 3.8) is 0 Å². The molecule has 1 aromatic heterocycles. The summed E-state index contributed by atoms with van der Waals surface area (Å²) in [6.07, 6.45) is 6.90. The maximum absolute atomic E-state index is 10.1. The number of aromatic nitrogens is 2. The Bertz CT molecular complexity index is 396. The van der Waals surface area contributed by atoms with E-state index in [0.29, 0.717) is 23.3 Å². The molecule has 1 heterocycles. The van der Waals surface area contributed by atoms with Crippen molar-refractivity contribution in [3.05, 3.63) is 11.3 Å². The van der Waals surface area contributed by atoms with Crippen LogP contribution in [0.15, 0.2) is 6.33 Å². The van der Waals surface area contributed by atoms with Crippen LogP contribution < -0.4 is 11.1 Å². The zero-order valence-electron chi connectivity index (χ0n) is 10.3. The Balaban J connectivity index is 1.88. The first-order valence-corrected chi connectivity index (χ1v) is 6.74. The number of nitrogens with two attached hydrogens (primary N) is 1. The van der Waals surface area contributed by atoms with E-state index in [4.69, 9.17) is 17.3 Å². The van der Waals surface area contributed by atoms with E-state index in [1.165, 1.54) is 25.6 Å². The fourth-order valence-electron chi connectivity index (χ4n) is 2.39. The Morgan fingerprint density at radius 3 is 2.83 bits per heavy atom. The maximum atomic E-state index is 10.1. The van der Waals surface area contributed by atoms with Crippen LogP contribution in [0.4, 0.5) is 11.6 Å². The largest absolute Gasteiger partial charge is 0.391 e. The standard InChI is InChI=1S/C12H19ClN4O/c13-10-11(14)16-7-17-12(10)15-6-9(18)8-4-2-1-3-5-8/h7-9,18H,1-6H2,(H3,14,15,16,17). The third kappa shape index (κ3) is 3.23. The molecule has 0 aliphatic heterocycles. The smallest absolute Gasteiger partial charge is 0.150 e. The SMILES string of the molecule is Nc1ncnc(NCC(O)C2CCCCC2)c1Cl. The van der Waals surface area contributed by atoms with Gasteiger partial charge in [-0.25, -0.2) is 9.97 Å². The van der Waals surface area contributed by atoms with Gasteiger partial charge in [0.25, 0.3) is 0 Å². The summed E-state index contributed by atoms with van der Waals surface area (Å²) in [5, 5.41) is 13.5. The summed E-state index contributed by atoms with van der Waals surface area (Å²) < 4.78 is 0. The van der Waals surface area contributed by atoms with Crippen LogP contribution in [0.2, 0.25) is 5.02 Å². The lowest BCUT2D eigenvalue weighted by molar-refractivity contribution is 0.0956. The number of nitrogen functional groups attached to an aromatic ring is 1. The van der Waals surface area contributed by atoms with Gasteiger partial charge < -0.3 is 16.2 Å². The van der Waals surface area contributed by atoms with E-state index in [-0.39, 0.29) is 11.9 Å². The lowest BCUT2D eigenvalue weighted by atomic mass is 9.85. The van der Waals surface area contributed by atoms with Crippen molar-refractivity contribution in [3.8, 4) is 0 Å². The first-order valence-electron chi connectivity index (χ1n) is 6.36. The predicted molar refractivity (Wildman–Crippen MR) is 72.5 cm³/mol. The minimum atomic E-state index is -0.363. The van der Waals surface area contributed by atoms with Crippen LogP contribution in [0, 0.1) is 5.92 Å². The van der Waals surface area contributed by atoms with Gasteiger partial charge in [0.2, 0.25) is 0 Å². The molecule has 1 aliphatic carbocycles. The molecule has 0 radical (unpaired) electrons. The molecule has 1 aliphatic rings. The number of halogens is 1. The number of hydrogen-bond donors (Lipinski definition) is 3. The van der Waals surface area contributed by atoms with Crippen molar-refractivity contribution in [2.24, 2.45) is 5.92 Å². The van der Waals surface area contributed by atoms with Gasteiger partial charge in [0.1, 0.15) is 17.2 Å². The summed E-state index contributed by atoms with van der Waals surface area (Å²) in [5.74, 6) is 1.12. The van der Waals surface area contributed by atoms with Crippen molar-refractivity contribution in [2.45, 2.75) is 38.2 Å². The van der Waals surface area contributed by atoms with E-state index in [1.54, 1.807) is 0 Å². The van der Waals surface area contributed by atoms with Gasteiger partial charge in [-0.15, -0.1) is 0 Å². The molecular weight excluding hydrogens is 252 g/mol. The second-order valence-corrected chi connectivity index (χ2v) is 5.15. The van der Waals surface area contributed by atoms with E-state index in [9.17, 15) is 5.11 Å². The average Bonchev–Trinajstić information content (AvgIpc) is 2.41. The first kappa shape index (κ1) is 13.4. The Hall–Kier alpha value is -1.07. The van der Waals surface area contributed by atoms with Gasteiger partial charge in [-0.05, 0) is 18.8 Å². The summed E-state index contributed by atoms with van der Waals surface area (Å²) in [7, 11) is 0. The van der Waals surface area contributed by atoms with E-state index in [1.807, 2.05) is 0 Å². The van der Waals surface area contributed by atoms with Gasteiger partial charge >= 0.3 is 0 Å². The van der Waals surface area contributed by atoms with Crippen LogP contribution >= 0.6 is 11.6 Å². The molecule has 2 rings (SSSR count). The van der Waals surface area contributed by atoms with Gasteiger partial charge in [-0.3, -0.25) is 0 Å². The summed E-state index contributed by atoms with van der Waals surface area (Å²) >= 11 is 5.97. The molecular formula is C12H19ClN4O. The normalized spacial score (nSPS) is 18.6. The van der Waals surface area contributed by atoms with Gasteiger partial charge in [0, 0.05) is 6.54 Å². The van der Waals surface area contributed by atoms with Crippen LogP contribution in [-0.4, -0.2) is 27.7 Å². The highest BCUT2D eigenvalue weighted by Crippen LogP contribution is 2.27. The summed E-state index contributed by atoms with van der Waals surface area (Å²) in [6, 6.07) is 0. The molecule has 1 fully saturated rings. The highest BCUT2D eigenvalue weighted by Gasteiger charge is 2.21. The highest BCUT2D eigenvalue weighted by atomic mass is 35.5. The minimum Gasteiger partial charge on any atom is -0.391 e. The Morgan fingerprint density at radius 1 is 1.39 bits per heavy atom. The molecule has 5 nitrogen and oxygen atoms in total. The molecule has 4 N–H and O–H groups in total. The van der Waals surface area contributed by atoms with Crippen molar-refractivity contribution in [2.75, 3.05) is 17.6 Å². The molecule has 1 atom stereocenters. The third-order valence-electron chi connectivity index (χ3n) is 3.49. The van der Waals surface area contributed by atoms with E-state index < -0.39 is 0 Å². The molecule has 0 bridgehead atoms. The molecule has 1 aromatic rings. The second-order valence-electron chi connectivity index (χ2n) is 4.77. The van der Waals surface area contributed by atoms with Crippen LogP contribution in [0.5, 0.6) is 0 Å². The predicted octanol–water partition coefficient (Wildman–Crippen LogP) is 2.07. The van der Waals surface area contributed by atoms with Crippen molar-refractivity contribution in [1.29, 1.82) is 0 Å². The number of aliphatic hydroxyl groups is 1. The zero-order valence-corrected chi connectivity index (χ0v) is 11.0. The molecule has 18 heavy (non-hydrogen) atoms. The molecule has 0 saturated heterocycles. The Morgan fingerprint density at radius 2 is 2.11 bits per heavy atom. The lowest BCUT2D eigenvalue weighted by Gasteiger charge is -2.26. The van der Waals surface area contributed by atoms with E-state index in [2.05, 4.69) is 15.3 Å². The monoisotopic (exact) mass is 270 g/mol. The maximum Gasteiger partial charge on any atom is 0.150 e. The molecule has 0 amide bonds. The molecule has 0 spiro atoms. The van der Waals surface area contributed by atoms with Gasteiger partial charge in [0.05, 0.1) is 6.10 Å². The quantitative estimate of drug-likeness (QED) is 0.780. The van der Waals surface area contributed by atoms with Crippen LogP contribution in [0.3, 0.4) is 0 Å². The van der Waals surface area contributed by atoms with Crippen LogP contribution in [0.1, 0.15) is 32.1 Å². The zero-order chi connectivity index (χ0) is 13.0. The van der Waals surface area contributed by atoms with Gasteiger partial charge in [0.15, 0.2) is 5.82 Å². The fraction of sp³-hybridized carbons (Fsp3) is 0.667. The molecule has 1 saturated carbocycles. The Labute approximate surface area is 112 Å². The van der Waals surface area contributed by atoms with Crippen molar-refractivity contribution >= 4 is 23.2 Å². The fourth-order valence-corrected chi connectivity index (χ4v) is 2.56. The molecule has 0 aromatic carbocycles.